The Bertz CT molecular complexity index is 237. The second kappa shape index (κ2) is 2.31. The fraction of sp³-hybridized carbons (Fsp3) is 1.00. The number of rotatable bonds is 1. The molecule has 0 aromatic carbocycles. The van der Waals surface area contributed by atoms with Gasteiger partial charge in [-0.1, -0.05) is 13.3 Å². The van der Waals surface area contributed by atoms with E-state index in [2.05, 4.69) is 6.92 Å². The Balaban J connectivity index is 2.00. The fourth-order valence-electron chi connectivity index (χ4n) is 5.02. The largest absolute Gasteiger partial charge is 0.396 e. The Morgan fingerprint density at radius 1 is 1.31 bits per heavy atom. The van der Waals surface area contributed by atoms with E-state index < -0.39 is 0 Å². The van der Waals surface area contributed by atoms with Gasteiger partial charge in [0.1, 0.15) is 0 Å². The Hall–Kier alpha value is -0.0400. The topological polar surface area (TPSA) is 20.2 Å². The van der Waals surface area contributed by atoms with E-state index in [0.29, 0.717) is 17.4 Å². The third kappa shape index (κ3) is 0.869. The van der Waals surface area contributed by atoms with Crippen LogP contribution in [0.5, 0.6) is 0 Å². The molecule has 0 heterocycles. The Morgan fingerprint density at radius 3 is 2.77 bits per heavy atom. The van der Waals surface area contributed by atoms with E-state index >= 15 is 0 Å². The third-order valence-electron chi connectivity index (χ3n) is 5.34. The smallest absolute Gasteiger partial charge is 0.0490 e. The van der Waals surface area contributed by atoms with Crippen molar-refractivity contribution in [3.63, 3.8) is 0 Å². The summed E-state index contributed by atoms with van der Waals surface area (Å²) in [6, 6.07) is 0. The van der Waals surface area contributed by atoms with Gasteiger partial charge in [-0.25, -0.2) is 0 Å². The number of aliphatic hydroxyl groups is 1. The van der Waals surface area contributed by atoms with Gasteiger partial charge in [-0.05, 0) is 54.8 Å². The minimum absolute atomic E-state index is 0.371. The Kier molecular flexibility index (Phi) is 1.47. The molecule has 3 rings (SSSR count). The molecular weight excluding hydrogens is 160 g/mol. The molecule has 4 unspecified atom stereocenters. The lowest BCUT2D eigenvalue weighted by molar-refractivity contribution is -0.0502. The lowest BCUT2D eigenvalue weighted by atomic mass is 9.54. The van der Waals surface area contributed by atoms with Crippen LogP contribution in [0, 0.1) is 22.7 Å². The summed E-state index contributed by atoms with van der Waals surface area (Å²) < 4.78 is 0. The van der Waals surface area contributed by atoms with Gasteiger partial charge < -0.3 is 5.11 Å². The van der Waals surface area contributed by atoms with Crippen LogP contribution in [0.2, 0.25) is 0 Å². The summed E-state index contributed by atoms with van der Waals surface area (Å²) in [5.74, 6) is 1.83. The van der Waals surface area contributed by atoms with Gasteiger partial charge in [-0.15, -0.1) is 0 Å². The maximum Gasteiger partial charge on any atom is 0.0490 e. The molecule has 1 heteroatoms. The molecule has 3 saturated carbocycles. The van der Waals surface area contributed by atoms with Crippen LogP contribution in [-0.4, -0.2) is 11.7 Å². The highest BCUT2D eigenvalue weighted by molar-refractivity contribution is 5.11. The minimum Gasteiger partial charge on any atom is -0.396 e. The third-order valence-corrected chi connectivity index (χ3v) is 5.34. The molecule has 3 aliphatic rings. The number of hydrogen-bond donors (Lipinski definition) is 1. The first kappa shape index (κ1) is 8.28. The van der Waals surface area contributed by atoms with Crippen molar-refractivity contribution in [1.82, 2.24) is 0 Å². The van der Waals surface area contributed by atoms with Gasteiger partial charge in [0.25, 0.3) is 0 Å². The maximum absolute atomic E-state index is 9.60. The van der Waals surface area contributed by atoms with Crippen LogP contribution in [0.15, 0.2) is 0 Å². The fourth-order valence-corrected chi connectivity index (χ4v) is 5.02. The first-order valence-corrected chi connectivity index (χ1v) is 5.79. The SMILES string of the molecule is CC12CCCC3(CO)CC(CC13)C2. The van der Waals surface area contributed by atoms with Crippen LogP contribution in [0.4, 0.5) is 0 Å². The van der Waals surface area contributed by atoms with Crippen molar-refractivity contribution in [3.8, 4) is 0 Å². The Labute approximate surface area is 80.5 Å². The normalized spacial score (nSPS) is 58.6. The molecule has 0 spiro atoms. The highest BCUT2D eigenvalue weighted by Crippen LogP contribution is 2.69. The minimum atomic E-state index is 0.371. The van der Waals surface area contributed by atoms with Crippen molar-refractivity contribution in [2.75, 3.05) is 6.61 Å². The second-order valence-corrected chi connectivity index (χ2v) is 6.09. The number of aliphatic hydroxyl groups excluding tert-OH is 1. The molecule has 74 valence electrons. The van der Waals surface area contributed by atoms with Crippen molar-refractivity contribution in [2.45, 2.75) is 45.4 Å². The monoisotopic (exact) mass is 180 g/mol. The molecule has 0 radical (unpaired) electrons. The van der Waals surface area contributed by atoms with Crippen LogP contribution in [-0.2, 0) is 0 Å². The van der Waals surface area contributed by atoms with Crippen molar-refractivity contribution in [2.24, 2.45) is 22.7 Å². The molecule has 1 N–H and O–H groups in total. The molecular formula is C12H20O. The van der Waals surface area contributed by atoms with Crippen molar-refractivity contribution in [3.05, 3.63) is 0 Å². The van der Waals surface area contributed by atoms with E-state index in [1.165, 1.54) is 38.5 Å². The zero-order valence-corrected chi connectivity index (χ0v) is 8.55. The van der Waals surface area contributed by atoms with E-state index in [0.717, 1.165) is 11.8 Å². The average molecular weight is 180 g/mol. The van der Waals surface area contributed by atoms with Crippen LogP contribution in [0.25, 0.3) is 0 Å². The summed E-state index contributed by atoms with van der Waals surface area (Å²) in [4.78, 5) is 0. The molecule has 13 heavy (non-hydrogen) atoms. The van der Waals surface area contributed by atoms with Gasteiger partial charge >= 0.3 is 0 Å². The second-order valence-electron chi connectivity index (χ2n) is 6.09. The maximum atomic E-state index is 9.60. The van der Waals surface area contributed by atoms with E-state index in [1.54, 1.807) is 0 Å². The molecule has 0 amide bonds. The van der Waals surface area contributed by atoms with Crippen molar-refractivity contribution < 1.29 is 5.11 Å². The van der Waals surface area contributed by atoms with Crippen LogP contribution < -0.4 is 0 Å². The quantitative estimate of drug-likeness (QED) is 0.657. The Morgan fingerprint density at radius 2 is 2.15 bits per heavy atom. The predicted molar refractivity (Wildman–Crippen MR) is 52.3 cm³/mol. The summed E-state index contributed by atoms with van der Waals surface area (Å²) >= 11 is 0. The van der Waals surface area contributed by atoms with Crippen LogP contribution >= 0.6 is 0 Å². The number of hydrogen-bond acceptors (Lipinski definition) is 1. The van der Waals surface area contributed by atoms with Crippen molar-refractivity contribution >= 4 is 0 Å². The van der Waals surface area contributed by atoms with Gasteiger partial charge in [0.2, 0.25) is 0 Å². The first-order chi connectivity index (χ1) is 6.19. The lowest BCUT2D eigenvalue weighted by Crippen LogP contribution is -2.45. The van der Waals surface area contributed by atoms with Crippen molar-refractivity contribution in [1.29, 1.82) is 0 Å². The lowest BCUT2D eigenvalue weighted by Gasteiger charge is -2.51. The molecule has 1 nitrogen and oxygen atoms in total. The van der Waals surface area contributed by atoms with E-state index in [1.807, 2.05) is 0 Å². The van der Waals surface area contributed by atoms with Crippen LogP contribution in [0.1, 0.15) is 45.4 Å². The molecule has 0 aromatic heterocycles. The summed E-state index contributed by atoms with van der Waals surface area (Å²) in [7, 11) is 0. The predicted octanol–water partition coefficient (Wildman–Crippen LogP) is 2.59. The standard InChI is InChI=1S/C12H20O/c1-11-3-2-4-12(8-13)7-9(6-11)5-10(11)12/h9-10,13H,2-8H2,1H3. The highest BCUT2D eigenvalue weighted by atomic mass is 16.3. The summed E-state index contributed by atoms with van der Waals surface area (Å²) in [6.07, 6.45) is 8.32. The molecule has 2 bridgehead atoms. The van der Waals surface area contributed by atoms with Gasteiger partial charge in [-0.2, -0.15) is 0 Å². The zero-order valence-electron chi connectivity index (χ0n) is 8.55. The number of fused-ring (bicyclic) bond motifs is 1. The molecule has 3 aliphatic carbocycles. The molecule has 3 fully saturated rings. The van der Waals surface area contributed by atoms with E-state index in [9.17, 15) is 5.11 Å². The van der Waals surface area contributed by atoms with Crippen LogP contribution in [0.3, 0.4) is 0 Å². The summed E-state index contributed by atoms with van der Waals surface area (Å²) in [5, 5.41) is 9.60. The summed E-state index contributed by atoms with van der Waals surface area (Å²) in [5.41, 5.74) is 0.986. The first-order valence-electron chi connectivity index (χ1n) is 5.79. The molecule has 0 saturated heterocycles. The average Bonchev–Trinajstić information content (AvgIpc) is 2.58. The van der Waals surface area contributed by atoms with Gasteiger partial charge in [0.05, 0.1) is 0 Å². The van der Waals surface area contributed by atoms with Gasteiger partial charge in [-0.3, -0.25) is 0 Å². The van der Waals surface area contributed by atoms with E-state index in [-0.39, 0.29) is 0 Å². The zero-order chi connectivity index (χ0) is 9.10. The van der Waals surface area contributed by atoms with Gasteiger partial charge in [0, 0.05) is 6.61 Å². The molecule has 0 aromatic rings. The molecule has 0 aliphatic heterocycles. The molecule has 4 atom stereocenters. The summed E-state index contributed by atoms with van der Waals surface area (Å²) in [6.45, 7) is 2.93. The highest BCUT2D eigenvalue weighted by Gasteiger charge is 2.61. The van der Waals surface area contributed by atoms with Gasteiger partial charge in [0.15, 0.2) is 0 Å². The van der Waals surface area contributed by atoms with E-state index in [4.69, 9.17) is 0 Å².